The van der Waals surface area contributed by atoms with Crippen molar-refractivity contribution in [3.8, 4) is 0 Å². The molecule has 0 bridgehead atoms. The van der Waals surface area contributed by atoms with Crippen molar-refractivity contribution in [2.24, 2.45) is 7.05 Å². The maximum atomic E-state index is 12.7. The summed E-state index contributed by atoms with van der Waals surface area (Å²) in [5, 5.41) is 9.92. The number of nitrogens with zero attached hydrogens (tertiary/aromatic N) is 3. The van der Waals surface area contributed by atoms with Crippen molar-refractivity contribution in [1.82, 2.24) is 15.1 Å². The Labute approximate surface area is 134 Å². The van der Waals surface area contributed by atoms with E-state index in [1.54, 1.807) is 16.0 Å². The molecule has 3 heterocycles. The predicted molar refractivity (Wildman–Crippen MR) is 89.3 cm³/mol. The van der Waals surface area contributed by atoms with Crippen molar-refractivity contribution in [3.63, 3.8) is 0 Å². The molecule has 1 N–H and O–H groups in total. The molecule has 1 aliphatic heterocycles. The van der Waals surface area contributed by atoms with Crippen LogP contribution in [-0.2, 0) is 11.8 Å². The number of hydrogen-bond acceptors (Lipinski definition) is 4. The van der Waals surface area contributed by atoms with Crippen LogP contribution in [0, 0.1) is 13.8 Å². The van der Waals surface area contributed by atoms with E-state index in [4.69, 9.17) is 0 Å². The molecule has 2 aromatic heterocycles. The third kappa shape index (κ3) is 2.68. The Kier molecular flexibility index (Phi) is 4.06. The van der Waals surface area contributed by atoms with E-state index in [0.29, 0.717) is 0 Å². The van der Waals surface area contributed by atoms with Crippen LogP contribution in [0.1, 0.15) is 35.5 Å². The molecule has 0 unspecified atom stereocenters. The maximum Gasteiger partial charge on any atom is 0.245 e. The summed E-state index contributed by atoms with van der Waals surface area (Å²) in [5.74, 6) is 1.02. The first-order valence-electron chi connectivity index (χ1n) is 7.59. The van der Waals surface area contributed by atoms with E-state index in [-0.39, 0.29) is 18.0 Å². The summed E-state index contributed by atoms with van der Waals surface area (Å²) in [6.07, 6.45) is 0.831. The number of carbonyl (C=O) groups excluding carboxylic acids is 1. The molecule has 0 saturated carbocycles. The first-order chi connectivity index (χ1) is 10.5. The number of amides is 1. The van der Waals surface area contributed by atoms with Crippen LogP contribution in [0.3, 0.4) is 0 Å². The van der Waals surface area contributed by atoms with Crippen molar-refractivity contribution in [1.29, 1.82) is 0 Å². The minimum atomic E-state index is -0.119. The van der Waals surface area contributed by atoms with Crippen molar-refractivity contribution >= 4 is 23.1 Å². The number of aryl methyl sites for hydroxylation is 3. The highest BCUT2D eigenvalue weighted by Crippen LogP contribution is 2.27. The van der Waals surface area contributed by atoms with Gasteiger partial charge in [-0.25, -0.2) is 0 Å². The topological polar surface area (TPSA) is 50.2 Å². The van der Waals surface area contributed by atoms with E-state index >= 15 is 0 Å². The molecule has 1 fully saturated rings. The Morgan fingerprint density at radius 3 is 2.82 bits per heavy atom. The minimum Gasteiger partial charge on any atom is -0.298 e. The van der Waals surface area contributed by atoms with Crippen molar-refractivity contribution in [2.75, 3.05) is 11.4 Å². The van der Waals surface area contributed by atoms with Gasteiger partial charge in [-0.2, -0.15) is 5.10 Å². The van der Waals surface area contributed by atoms with Gasteiger partial charge in [0.2, 0.25) is 5.91 Å². The summed E-state index contributed by atoms with van der Waals surface area (Å²) in [6.45, 7) is 6.93. The fraction of sp³-hybridized carbons (Fsp3) is 0.500. The summed E-state index contributed by atoms with van der Waals surface area (Å²) in [7, 11) is 1.88. The lowest BCUT2D eigenvalue weighted by molar-refractivity contribution is -0.119. The maximum absolute atomic E-state index is 12.7. The van der Waals surface area contributed by atoms with Gasteiger partial charge in [0.05, 0.1) is 11.7 Å². The Balaban J connectivity index is 1.71. The fourth-order valence-corrected chi connectivity index (χ4v) is 4.06. The van der Waals surface area contributed by atoms with Crippen LogP contribution in [0.5, 0.6) is 0 Å². The summed E-state index contributed by atoms with van der Waals surface area (Å²) in [6, 6.07) is 4.17. The smallest absolute Gasteiger partial charge is 0.245 e. The monoisotopic (exact) mass is 318 g/mol. The molecule has 2 aromatic rings. The van der Waals surface area contributed by atoms with Gasteiger partial charge in [0, 0.05) is 30.6 Å². The standard InChI is InChI=1S/C16H22N4OS/c1-10-6-8-22-15(10)12(3)17-13-5-7-20(16(13)21)14-9-11(2)18-19(14)4/h6,8-9,12-13,17H,5,7H2,1-4H3/t12-,13-/m1/s1. The number of thiophene rings is 1. The molecule has 3 rings (SSSR count). The van der Waals surface area contributed by atoms with E-state index < -0.39 is 0 Å². The van der Waals surface area contributed by atoms with Gasteiger partial charge in [0.25, 0.3) is 0 Å². The highest BCUT2D eigenvalue weighted by molar-refractivity contribution is 7.10. The lowest BCUT2D eigenvalue weighted by Gasteiger charge is -2.20. The molecule has 2 atom stereocenters. The molecule has 0 spiro atoms. The molecule has 1 saturated heterocycles. The molecule has 1 amide bonds. The largest absolute Gasteiger partial charge is 0.298 e. The first-order valence-corrected chi connectivity index (χ1v) is 8.47. The van der Waals surface area contributed by atoms with Crippen LogP contribution in [-0.4, -0.2) is 28.3 Å². The zero-order chi connectivity index (χ0) is 15.9. The average Bonchev–Trinajstić information content (AvgIpc) is 3.12. The Morgan fingerprint density at radius 1 is 1.45 bits per heavy atom. The molecule has 0 aromatic carbocycles. The van der Waals surface area contributed by atoms with E-state index in [1.165, 1.54) is 10.4 Å². The van der Waals surface area contributed by atoms with Crippen molar-refractivity contribution < 1.29 is 4.79 Å². The SMILES string of the molecule is Cc1cc(N2CC[C@@H](N[C@H](C)c3sccc3C)C2=O)n(C)n1. The zero-order valence-corrected chi connectivity index (χ0v) is 14.3. The van der Waals surface area contributed by atoms with Gasteiger partial charge >= 0.3 is 0 Å². The normalized spacial score (nSPS) is 19.9. The number of aromatic nitrogens is 2. The third-order valence-corrected chi connectivity index (χ3v) is 5.41. The van der Waals surface area contributed by atoms with Gasteiger partial charge < -0.3 is 0 Å². The van der Waals surface area contributed by atoms with E-state index in [1.807, 2.05) is 24.9 Å². The molecule has 0 radical (unpaired) electrons. The highest BCUT2D eigenvalue weighted by Gasteiger charge is 2.35. The fourth-order valence-electron chi connectivity index (χ4n) is 3.12. The van der Waals surface area contributed by atoms with Gasteiger partial charge in [0.1, 0.15) is 5.82 Å². The molecular weight excluding hydrogens is 296 g/mol. The van der Waals surface area contributed by atoms with Gasteiger partial charge in [-0.05, 0) is 44.2 Å². The molecule has 0 aliphatic carbocycles. The third-order valence-electron chi connectivity index (χ3n) is 4.21. The van der Waals surface area contributed by atoms with Gasteiger partial charge in [-0.1, -0.05) is 0 Å². The van der Waals surface area contributed by atoms with Crippen molar-refractivity contribution in [2.45, 2.75) is 39.3 Å². The number of carbonyl (C=O) groups is 1. The van der Waals surface area contributed by atoms with Crippen LogP contribution in [0.4, 0.5) is 5.82 Å². The van der Waals surface area contributed by atoms with Crippen LogP contribution in [0.25, 0.3) is 0 Å². The highest BCUT2D eigenvalue weighted by atomic mass is 32.1. The second-order valence-electron chi connectivity index (χ2n) is 5.95. The van der Waals surface area contributed by atoms with Gasteiger partial charge in [-0.3, -0.25) is 19.7 Å². The Morgan fingerprint density at radius 2 is 2.23 bits per heavy atom. The minimum absolute atomic E-state index is 0.119. The number of hydrogen-bond donors (Lipinski definition) is 1. The van der Waals surface area contributed by atoms with E-state index in [9.17, 15) is 4.79 Å². The van der Waals surface area contributed by atoms with Crippen LogP contribution in [0.15, 0.2) is 17.5 Å². The molecule has 22 heavy (non-hydrogen) atoms. The first kappa shape index (κ1) is 15.2. The summed E-state index contributed by atoms with van der Waals surface area (Å²) in [4.78, 5) is 15.8. The van der Waals surface area contributed by atoms with E-state index in [0.717, 1.165) is 24.5 Å². The van der Waals surface area contributed by atoms with Crippen LogP contribution < -0.4 is 10.2 Å². The number of nitrogens with one attached hydrogen (secondary N) is 1. The van der Waals surface area contributed by atoms with Gasteiger partial charge in [-0.15, -0.1) is 11.3 Å². The number of rotatable bonds is 4. The number of anilines is 1. The molecule has 5 nitrogen and oxygen atoms in total. The van der Waals surface area contributed by atoms with Crippen LogP contribution >= 0.6 is 11.3 Å². The second kappa shape index (κ2) is 5.85. The second-order valence-corrected chi connectivity index (χ2v) is 6.90. The summed E-state index contributed by atoms with van der Waals surface area (Å²) >= 11 is 1.74. The molecule has 6 heteroatoms. The Bertz CT molecular complexity index is 690. The van der Waals surface area contributed by atoms with Gasteiger partial charge in [0.15, 0.2) is 0 Å². The van der Waals surface area contributed by atoms with E-state index in [2.05, 4.69) is 35.7 Å². The molecular formula is C16H22N4OS. The molecule has 1 aliphatic rings. The summed E-state index contributed by atoms with van der Waals surface area (Å²) in [5.41, 5.74) is 2.22. The average molecular weight is 318 g/mol. The quantitative estimate of drug-likeness (QED) is 0.942. The van der Waals surface area contributed by atoms with Crippen LogP contribution in [0.2, 0.25) is 0 Å². The lowest BCUT2D eigenvalue weighted by atomic mass is 10.1. The van der Waals surface area contributed by atoms with Crippen molar-refractivity contribution in [3.05, 3.63) is 33.6 Å². The summed E-state index contributed by atoms with van der Waals surface area (Å²) < 4.78 is 1.78. The lowest BCUT2D eigenvalue weighted by Crippen LogP contribution is -2.40. The zero-order valence-electron chi connectivity index (χ0n) is 13.5. The Hall–Kier alpha value is -1.66. The molecule has 118 valence electrons. The predicted octanol–water partition coefficient (Wildman–Crippen LogP) is 2.55.